The fourth-order valence-corrected chi connectivity index (χ4v) is 2.87. The summed E-state index contributed by atoms with van der Waals surface area (Å²) in [7, 11) is 1.70. The molecule has 1 aromatic heterocycles. The molecule has 0 aliphatic carbocycles. The fourth-order valence-electron chi connectivity index (χ4n) is 2.87. The zero-order valence-corrected chi connectivity index (χ0v) is 11.7. The predicted molar refractivity (Wildman–Crippen MR) is 77.4 cm³/mol. The van der Waals surface area contributed by atoms with E-state index in [1.165, 1.54) is 0 Å². The topological polar surface area (TPSA) is 56.3 Å². The molecule has 2 heterocycles. The van der Waals surface area contributed by atoms with E-state index >= 15 is 0 Å². The highest BCUT2D eigenvalue weighted by Crippen LogP contribution is 2.30. The van der Waals surface area contributed by atoms with Crippen LogP contribution in [-0.4, -0.2) is 34.7 Å². The quantitative estimate of drug-likeness (QED) is 0.914. The first-order valence-electron chi connectivity index (χ1n) is 6.90. The number of fused-ring (bicyclic) bond motifs is 1. The van der Waals surface area contributed by atoms with Crippen molar-refractivity contribution in [3.05, 3.63) is 48.0 Å². The number of nitrogens with zero attached hydrogens (tertiary/aromatic N) is 3. The van der Waals surface area contributed by atoms with Gasteiger partial charge in [-0.25, -0.2) is 4.98 Å². The average molecular weight is 272 g/mol. The maximum absolute atomic E-state index is 6.03. The van der Waals surface area contributed by atoms with Gasteiger partial charge in [-0.15, -0.1) is 0 Å². The molecule has 106 valence electrons. The molecule has 5 heteroatoms. The van der Waals surface area contributed by atoms with Crippen LogP contribution >= 0.6 is 0 Å². The lowest BCUT2D eigenvalue weighted by molar-refractivity contribution is 0.154. The summed E-state index contributed by atoms with van der Waals surface area (Å²) in [4.78, 5) is 6.78. The molecule has 2 aromatic rings. The van der Waals surface area contributed by atoms with Gasteiger partial charge in [0.05, 0.1) is 19.7 Å². The Labute approximate surface area is 119 Å². The summed E-state index contributed by atoms with van der Waals surface area (Å²) < 4.78 is 7.67. The van der Waals surface area contributed by atoms with Crippen LogP contribution < -0.4 is 10.5 Å². The van der Waals surface area contributed by atoms with Crippen molar-refractivity contribution in [2.45, 2.75) is 19.1 Å². The zero-order valence-electron chi connectivity index (χ0n) is 11.7. The molecule has 0 saturated carbocycles. The fraction of sp³-hybridized carbons (Fsp3) is 0.400. The molecule has 5 nitrogen and oxygen atoms in total. The van der Waals surface area contributed by atoms with E-state index in [-0.39, 0.29) is 6.04 Å². The first-order valence-corrected chi connectivity index (χ1v) is 6.90. The van der Waals surface area contributed by atoms with Crippen LogP contribution in [0, 0.1) is 0 Å². The summed E-state index contributed by atoms with van der Waals surface area (Å²) in [5.41, 5.74) is 7.18. The van der Waals surface area contributed by atoms with Crippen LogP contribution in [-0.2, 0) is 13.1 Å². The minimum Gasteiger partial charge on any atom is -0.496 e. The van der Waals surface area contributed by atoms with Crippen molar-refractivity contribution >= 4 is 0 Å². The van der Waals surface area contributed by atoms with Crippen molar-refractivity contribution in [2.75, 3.05) is 20.2 Å². The summed E-state index contributed by atoms with van der Waals surface area (Å²) in [6, 6.07) is 8.27. The molecular weight excluding hydrogens is 252 g/mol. The normalized spacial score (nSPS) is 16.7. The van der Waals surface area contributed by atoms with Gasteiger partial charge in [-0.1, -0.05) is 18.2 Å². The molecule has 0 fully saturated rings. The third-order valence-electron chi connectivity index (χ3n) is 3.94. The molecule has 20 heavy (non-hydrogen) atoms. The minimum absolute atomic E-state index is 0.164. The Morgan fingerprint density at radius 3 is 3.00 bits per heavy atom. The van der Waals surface area contributed by atoms with Crippen molar-refractivity contribution in [1.29, 1.82) is 0 Å². The number of ether oxygens (including phenoxy) is 1. The molecule has 1 atom stereocenters. The number of methoxy groups -OCH3 is 1. The van der Waals surface area contributed by atoms with Gasteiger partial charge in [0.1, 0.15) is 11.6 Å². The number of aromatic nitrogens is 2. The van der Waals surface area contributed by atoms with E-state index in [2.05, 4.69) is 20.5 Å². The molecule has 0 radical (unpaired) electrons. The maximum Gasteiger partial charge on any atom is 0.123 e. The lowest BCUT2D eigenvalue weighted by atomic mass is 10.0. The highest BCUT2D eigenvalue weighted by Gasteiger charge is 2.26. The van der Waals surface area contributed by atoms with Crippen molar-refractivity contribution in [2.24, 2.45) is 5.73 Å². The molecule has 0 saturated heterocycles. The minimum atomic E-state index is 0.164. The van der Waals surface area contributed by atoms with Gasteiger partial charge < -0.3 is 15.0 Å². The first-order chi connectivity index (χ1) is 9.83. The summed E-state index contributed by atoms with van der Waals surface area (Å²) in [6.45, 7) is 3.33. The second-order valence-electron chi connectivity index (χ2n) is 5.00. The Bertz CT molecular complexity index is 581. The van der Waals surface area contributed by atoms with Crippen LogP contribution in [0.1, 0.15) is 17.4 Å². The molecule has 1 aromatic carbocycles. The summed E-state index contributed by atoms with van der Waals surface area (Å²) in [5, 5.41) is 0. The summed E-state index contributed by atoms with van der Waals surface area (Å²) >= 11 is 0. The third kappa shape index (κ3) is 2.30. The van der Waals surface area contributed by atoms with Crippen LogP contribution in [0.15, 0.2) is 36.7 Å². The Kier molecular flexibility index (Phi) is 3.71. The SMILES string of the molecule is COc1ccccc1C(CN)N1CCn2ccnc2C1. The summed E-state index contributed by atoms with van der Waals surface area (Å²) in [5.74, 6) is 2.00. The van der Waals surface area contributed by atoms with E-state index in [1.54, 1.807) is 7.11 Å². The molecule has 3 rings (SSSR count). The van der Waals surface area contributed by atoms with Crippen LogP contribution in [0.3, 0.4) is 0 Å². The maximum atomic E-state index is 6.03. The van der Waals surface area contributed by atoms with Crippen molar-refractivity contribution in [3.63, 3.8) is 0 Å². The Morgan fingerprint density at radius 2 is 2.20 bits per heavy atom. The summed E-state index contributed by atoms with van der Waals surface area (Å²) in [6.07, 6.45) is 3.90. The number of hydrogen-bond donors (Lipinski definition) is 1. The molecular formula is C15H20N4O. The number of para-hydroxylation sites is 1. The zero-order chi connectivity index (χ0) is 13.9. The molecule has 1 aliphatic rings. The van der Waals surface area contributed by atoms with Crippen molar-refractivity contribution < 1.29 is 4.74 Å². The number of imidazole rings is 1. The number of hydrogen-bond acceptors (Lipinski definition) is 4. The average Bonchev–Trinajstić information content (AvgIpc) is 2.96. The van der Waals surface area contributed by atoms with E-state index in [4.69, 9.17) is 10.5 Å². The van der Waals surface area contributed by atoms with Gasteiger partial charge in [0.15, 0.2) is 0 Å². The molecule has 1 aliphatic heterocycles. The van der Waals surface area contributed by atoms with E-state index in [0.29, 0.717) is 6.54 Å². The van der Waals surface area contributed by atoms with Crippen molar-refractivity contribution in [3.8, 4) is 5.75 Å². The monoisotopic (exact) mass is 272 g/mol. The second-order valence-corrected chi connectivity index (χ2v) is 5.00. The Balaban J connectivity index is 1.87. The van der Waals surface area contributed by atoms with E-state index in [1.807, 2.05) is 30.6 Å². The standard InChI is InChI=1S/C15H20N4O/c1-20-14-5-3-2-4-12(14)13(10-16)19-9-8-18-7-6-17-15(18)11-19/h2-7,13H,8-11,16H2,1H3. The van der Waals surface area contributed by atoms with Gasteiger partial charge in [0, 0.05) is 37.6 Å². The smallest absolute Gasteiger partial charge is 0.123 e. The Hall–Kier alpha value is -1.85. The lowest BCUT2D eigenvalue weighted by Crippen LogP contribution is -2.39. The molecule has 0 amide bonds. The van der Waals surface area contributed by atoms with Crippen LogP contribution in [0.25, 0.3) is 0 Å². The van der Waals surface area contributed by atoms with E-state index < -0.39 is 0 Å². The molecule has 0 spiro atoms. The van der Waals surface area contributed by atoms with Crippen molar-refractivity contribution in [1.82, 2.24) is 14.5 Å². The van der Waals surface area contributed by atoms with Gasteiger partial charge in [-0.2, -0.15) is 0 Å². The van der Waals surface area contributed by atoms with Gasteiger partial charge >= 0.3 is 0 Å². The van der Waals surface area contributed by atoms with Gasteiger partial charge in [0.2, 0.25) is 0 Å². The molecule has 0 bridgehead atoms. The number of nitrogens with two attached hydrogens (primary N) is 1. The predicted octanol–water partition coefficient (Wildman–Crippen LogP) is 1.41. The highest BCUT2D eigenvalue weighted by atomic mass is 16.5. The van der Waals surface area contributed by atoms with Crippen LogP contribution in [0.2, 0.25) is 0 Å². The lowest BCUT2D eigenvalue weighted by Gasteiger charge is -2.34. The van der Waals surface area contributed by atoms with Gasteiger partial charge in [-0.05, 0) is 6.07 Å². The second kappa shape index (κ2) is 5.64. The molecule has 1 unspecified atom stereocenters. The van der Waals surface area contributed by atoms with Gasteiger partial charge in [0.25, 0.3) is 0 Å². The number of rotatable bonds is 4. The Morgan fingerprint density at radius 1 is 1.35 bits per heavy atom. The third-order valence-corrected chi connectivity index (χ3v) is 3.94. The highest BCUT2D eigenvalue weighted by molar-refractivity contribution is 5.36. The van der Waals surface area contributed by atoms with E-state index in [9.17, 15) is 0 Å². The largest absolute Gasteiger partial charge is 0.496 e. The van der Waals surface area contributed by atoms with E-state index in [0.717, 1.165) is 36.8 Å². The van der Waals surface area contributed by atoms with Gasteiger partial charge in [-0.3, -0.25) is 4.90 Å². The number of benzene rings is 1. The molecule has 2 N–H and O–H groups in total. The van der Waals surface area contributed by atoms with Crippen LogP contribution in [0.5, 0.6) is 5.75 Å². The van der Waals surface area contributed by atoms with Crippen LogP contribution in [0.4, 0.5) is 0 Å². The first kappa shape index (κ1) is 13.1.